The summed E-state index contributed by atoms with van der Waals surface area (Å²) >= 11 is 0. The van der Waals surface area contributed by atoms with Gasteiger partial charge in [-0.1, -0.05) is 20.3 Å². The van der Waals surface area contributed by atoms with Crippen molar-refractivity contribution in [1.82, 2.24) is 14.2 Å². The summed E-state index contributed by atoms with van der Waals surface area (Å²) in [7, 11) is -2.99. The molecule has 0 bridgehead atoms. The number of rotatable bonds is 3. The van der Waals surface area contributed by atoms with Crippen molar-refractivity contribution < 1.29 is 25.3 Å². The van der Waals surface area contributed by atoms with Crippen molar-refractivity contribution in [3.05, 3.63) is 6.92 Å². The molecule has 12 heteroatoms. The lowest BCUT2D eigenvalue weighted by Gasteiger charge is -1.67. The third-order valence-corrected chi connectivity index (χ3v) is 1.64. The van der Waals surface area contributed by atoms with Gasteiger partial charge in [0.05, 0.1) is 0 Å². The predicted octanol–water partition coefficient (Wildman–Crippen LogP) is -2.57. The van der Waals surface area contributed by atoms with Crippen molar-refractivity contribution in [3.63, 3.8) is 0 Å². The van der Waals surface area contributed by atoms with Gasteiger partial charge < -0.3 is 0 Å². The molecule has 3 N–H and O–H groups in total. The molecule has 0 saturated carbocycles. The van der Waals surface area contributed by atoms with E-state index in [-0.39, 0.29) is 0 Å². The Bertz CT molecular complexity index is 274. The lowest BCUT2D eigenvalue weighted by Crippen LogP contribution is -1.99. The fraction of sp³-hybridized carbons (Fsp3) is 0.833. The van der Waals surface area contributed by atoms with Gasteiger partial charge in [-0.25, -0.2) is 39.4 Å². The molecule has 18 heavy (non-hydrogen) atoms. The van der Waals surface area contributed by atoms with Gasteiger partial charge in [-0.15, -0.1) is 0 Å². The van der Waals surface area contributed by atoms with E-state index < -0.39 is 32.7 Å². The normalized spacial score (nSPS) is 8.67. The van der Waals surface area contributed by atoms with E-state index in [9.17, 15) is 25.3 Å². The van der Waals surface area contributed by atoms with Crippen LogP contribution in [0.15, 0.2) is 0 Å². The second-order valence-corrected chi connectivity index (χ2v) is 4.83. The van der Waals surface area contributed by atoms with Crippen LogP contribution in [0.25, 0.3) is 0 Å². The molecule has 0 fully saturated rings. The Morgan fingerprint density at radius 3 is 0.778 bits per heavy atom. The molecular weight excluding hydrogens is 306 g/mol. The number of hydrogen-bond acceptors (Lipinski definition) is 6. The summed E-state index contributed by atoms with van der Waals surface area (Å²) in [5.74, 6) is 0. The molecule has 0 spiro atoms. The fourth-order valence-corrected chi connectivity index (χ4v) is 0. The van der Waals surface area contributed by atoms with Crippen LogP contribution in [0.5, 0.6) is 0 Å². The maximum Gasteiger partial charge on any atom is 0.201 e. The van der Waals surface area contributed by atoms with Crippen LogP contribution in [0.1, 0.15) is 13.3 Å². The molecule has 0 aromatic rings. The first-order valence-electron chi connectivity index (χ1n) is 4.47. The molecule has 0 atom stereocenters. The van der Waals surface area contributed by atoms with Gasteiger partial charge in [0.25, 0.3) is 0 Å². The molecule has 0 aliphatic heterocycles. The molecule has 9 nitrogen and oxygen atoms in total. The fourth-order valence-electron chi connectivity index (χ4n) is 0. The molecule has 0 rings (SSSR count). The minimum absolute atomic E-state index is 1.00. The molecule has 115 valence electrons. The monoisotopic (exact) mass is 328 g/mol. The Morgan fingerprint density at radius 1 is 0.722 bits per heavy atom. The highest BCUT2D eigenvalue weighted by atomic mass is 32.2. The topological polar surface area (TPSA) is 139 Å². The second kappa shape index (κ2) is 25.5. The van der Waals surface area contributed by atoms with Crippen molar-refractivity contribution in [2.75, 3.05) is 21.1 Å². The summed E-state index contributed by atoms with van der Waals surface area (Å²) in [6, 6.07) is 0. The zero-order valence-electron chi connectivity index (χ0n) is 10.7. The Balaban J connectivity index is -0.0000000739. The molecule has 0 aromatic carbocycles. The first-order chi connectivity index (χ1) is 8.22. The van der Waals surface area contributed by atoms with Gasteiger partial charge in [0.15, 0.2) is 0 Å². The van der Waals surface area contributed by atoms with Crippen LogP contribution >= 0.6 is 0 Å². The first kappa shape index (κ1) is 26.3. The van der Waals surface area contributed by atoms with Crippen molar-refractivity contribution in [2.45, 2.75) is 13.3 Å². The van der Waals surface area contributed by atoms with Crippen molar-refractivity contribution in [3.8, 4) is 0 Å². The molecule has 0 saturated heterocycles. The Hall–Kier alpha value is -0.270. The summed E-state index contributed by atoms with van der Waals surface area (Å²) in [6.45, 7) is 5.50. The molecule has 0 aromatic heterocycles. The molecule has 0 aliphatic carbocycles. The summed E-state index contributed by atoms with van der Waals surface area (Å²) in [6.07, 6.45) is 1.00. The van der Waals surface area contributed by atoms with Crippen LogP contribution in [0.3, 0.4) is 0 Å². The van der Waals surface area contributed by atoms with Crippen LogP contribution in [-0.2, 0) is 32.7 Å². The van der Waals surface area contributed by atoms with E-state index in [4.69, 9.17) is 0 Å². The Kier molecular flexibility index (Phi) is 37.4. The standard InChI is InChI=1S/C3H7.3CH5NO2S/c1-3-2;3*1-2-5(3)4/h1,3H2,2H3;3*5H,1H3,(H,2,3,4). The van der Waals surface area contributed by atoms with E-state index in [1.54, 1.807) is 0 Å². The van der Waals surface area contributed by atoms with E-state index in [0.29, 0.717) is 0 Å². The summed E-state index contributed by atoms with van der Waals surface area (Å²) in [4.78, 5) is 0. The second-order valence-electron chi connectivity index (χ2n) is 1.94. The molecular formula is C6H22N3O6S3. The molecule has 0 aliphatic rings. The lowest BCUT2D eigenvalue weighted by atomic mass is 10.6. The van der Waals surface area contributed by atoms with Crippen LogP contribution in [0.2, 0.25) is 0 Å². The highest BCUT2D eigenvalue weighted by Gasteiger charge is 1.60. The van der Waals surface area contributed by atoms with Gasteiger partial charge in [0.1, 0.15) is 0 Å². The van der Waals surface area contributed by atoms with E-state index >= 15 is 0 Å². The number of nitrogens with one attached hydrogen (secondary N) is 3. The molecule has 0 heterocycles. The van der Waals surface area contributed by atoms with E-state index in [2.05, 4.69) is 6.92 Å². The third-order valence-electron chi connectivity index (χ3n) is 0.548. The summed E-state index contributed by atoms with van der Waals surface area (Å²) in [5.41, 5.74) is 0. The van der Waals surface area contributed by atoms with Crippen LogP contribution in [0, 0.1) is 6.92 Å². The lowest BCUT2D eigenvalue weighted by molar-refractivity contribution is 0.606. The summed E-state index contributed by atoms with van der Waals surface area (Å²) < 4.78 is 61.7. The molecule has 0 unspecified atom stereocenters. The zero-order valence-corrected chi connectivity index (χ0v) is 13.4. The van der Waals surface area contributed by atoms with Gasteiger partial charge in [0, 0.05) is 0 Å². The van der Waals surface area contributed by atoms with Gasteiger partial charge in [0.2, 0.25) is 32.7 Å². The van der Waals surface area contributed by atoms with E-state index in [1.165, 1.54) is 21.1 Å². The van der Waals surface area contributed by atoms with Gasteiger partial charge in [-0.05, 0) is 21.1 Å². The SMILES string of the molecule is CN[SH](=O)=O.CN[SH](=O)=O.CN[SH](=O)=O.[CH2]CC. The maximum atomic E-state index is 9.29. The quantitative estimate of drug-likeness (QED) is 0.315. The Labute approximate surface area is 114 Å². The summed E-state index contributed by atoms with van der Waals surface area (Å²) in [5, 5.41) is 0. The minimum atomic E-state index is -2.35. The van der Waals surface area contributed by atoms with Gasteiger partial charge in [-0.2, -0.15) is 0 Å². The first-order valence-corrected chi connectivity index (χ1v) is 8.01. The van der Waals surface area contributed by atoms with Crippen LogP contribution in [-0.4, -0.2) is 46.4 Å². The third kappa shape index (κ3) is 104. The minimum Gasteiger partial charge on any atom is -0.221 e. The van der Waals surface area contributed by atoms with Crippen molar-refractivity contribution in [1.29, 1.82) is 0 Å². The largest absolute Gasteiger partial charge is 0.221 e. The average Bonchev–Trinajstić information content (AvgIpc) is 2.31. The predicted molar refractivity (Wildman–Crippen MR) is 73.8 cm³/mol. The highest BCUT2D eigenvalue weighted by Crippen LogP contribution is 1.54. The highest BCUT2D eigenvalue weighted by molar-refractivity contribution is 7.70. The van der Waals surface area contributed by atoms with E-state index in [0.717, 1.165) is 6.42 Å². The Morgan fingerprint density at radius 2 is 0.778 bits per heavy atom. The smallest absolute Gasteiger partial charge is 0.201 e. The molecule has 1 radical (unpaired) electrons. The van der Waals surface area contributed by atoms with Crippen LogP contribution in [0.4, 0.5) is 0 Å². The maximum absolute atomic E-state index is 9.29. The average molecular weight is 328 g/mol. The number of thiol groups is 3. The van der Waals surface area contributed by atoms with Crippen LogP contribution < -0.4 is 14.2 Å². The van der Waals surface area contributed by atoms with Crippen molar-refractivity contribution >= 4 is 32.7 Å². The number of hydrogen-bond donors (Lipinski definition) is 6. The van der Waals surface area contributed by atoms with Gasteiger partial charge in [-0.3, -0.25) is 0 Å². The van der Waals surface area contributed by atoms with E-state index in [1.807, 2.05) is 21.1 Å². The zero-order chi connectivity index (χ0) is 15.6. The van der Waals surface area contributed by atoms with Gasteiger partial charge >= 0.3 is 0 Å². The molecule has 0 amide bonds. The van der Waals surface area contributed by atoms with Crippen molar-refractivity contribution in [2.24, 2.45) is 0 Å².